The molecular formula is C9H5BrFNO2S. The number of hydrogen-bond acceptors (Lipinski definition) is 4. The number of rotatable bonds is 1. The first-order chi connectivity index (χ1) is 7.11. The zero-order valence-corrected chi connectivity index (χ0v) is 9.99. The van der Waals surface area contributed by atoms with Gasteiger partial charge in [-0.3, -0.25) is 0 Å². The summed E-state index contributed by atoms with van der Waals surface area (Å²) in [6, 6.07) is 2.46. The van der Waals surface area contributed by atoms with E-state index in [1.807, 2.05) is 0 Å². The minimum Gasteiger partial charge on any atom is -0.465 e. The number of methoxy groups -OCH3 is 1. The maximum absolute atomic E-state index is 13.2. The minimum atomic E-state index is -0.586. The first-order valence-corrected chi connectivity index (χ1v) is 5.56. The highest BCUT2D eigenvalue weighted by Crippen LogP contribution is 2.29. The van der Waals surface area contributed by atoms with E-state index in [0.717, 1.165) is 6.07 Å². The molecule has 0 atom stereocenters. The maximum atomic E-state index is 13.2. The third-order valence-electron chi connectivity index (χ3n) is 1.84. The number of aromatic nitrogens is 1. The molecule has 1 aromatic carbocycles. The summed E-state index contributed by atoms with van der Waals surface area (Å²) in [5.74, 6) is -1.06. The van der Waals surface area contributed by atoms with Gasteiger partial charge in [-0.05, 0) is 28.1 Å². The van der Waals surface area contributed by atoms with Crippen molar-refractivity contribution in [2.45, 2.75) is 0 Å². The normalized spacial score (nSPS) is 10.6. The Kier molecular flexibility index (Phi) is 2.70. The van der Waals surface area contributed by atoms with Gasteiger partial charge in [0.1, 0.15) is 5.82 Å². The zero-order valence-electron chi connectivity index (χ0n) is 7.58. The molecule has 0 aliphatic carbocycles. The number of thiazole rings is 1. The summed E-state index contributed by atoms with van der Waals surface area (Å²) in [5, 5.41) is 0. The van der Waals surface area contributed by atoms with Gasteiger partial charge >= 0.3 is 5.97 Å². The molecule has 0 N–H and O–H groups in total. The quantitative estimate of drug-likeness (QED) is 0.758. The summed E-state index contributed by atoms with van der Waals surface area (Å²) < 4.78 is 18.9. The molecule has 0 spiro atoms. The highest BCUT2D eigenvalue weighted by molar-refractivity contribution is 9.11. The fourth-order valence-electron chi connectivity index (χ4n) is 1.23. The Morgan fingerprint density at radius 3 is 3.00 bits per heavy atom. The fourth-order valence-corrected chi connectivity index (χ4v) is 2.68. The van der Waals surface area contributed by atoms with E-state index in [1.165, 1.54) is 24.5 Å². The molecule has 15 heavy (non-hydrogen) atoms. The van der Waals surface area contributed by atoms with Gasteiger partial charge in [-0.15, -0.1) is 11.3 Å². The molecule has 1 aromatic heterocycles. The van der Waals surface area contributed by atoms with Gasteiger partial charge in [0.2, 0.25) is 0 Å². The van der Waals surface area contributed by atoms with E-state index in [9.17, 15) is 9.18 Å². The number of benzene rings is 1. The standard InChI is InChI=1S/C9H5BrFNO2S/c1-14-8(13)5-2-4(11)3-6-7(5)12-9(10)15-6/h2-3H,1H3. The first kappa shape index (κ1) is 10.5. The van der Waals surface area contributed by atoms with Crippen LogP contribution in [0.4, 0.5) is 4.39 Å². The number of halogens is 2. The zero-order chi connectivity index (χ0) is 11.0. The van der Waals surface area contributed by atoms with Crippen molar-refractivity contribution in [3.63, 3.8) is 0 Å². The third-order valence-corrected chi connectivity index (χ3v) is 3.29. The van der Waals surface area contributed by atoms with E-state index in [4.69, 9.17) is 0 Å². The molecule has 0 aliphatic heterocycles. The summed E-state index contributed by atoms with van der Waals surface area (Å²) in [6.45, 7) is 0. The van der Waals surface area contributed by atoms with Crippen LogP contribution in [0.5, 0.6) is 0 Å². The van der Waals surface area contributed by atoms with Gasteiger partial charge in [-0.2, -0.15) is 0 Å². The summed E-state index contributed by atoms with van der Waals surface area (Å²) in [4.78, 5) is 15.4. The minimum absolute atomic E-state index is 0.148. The van der Waals surface area contributed by atoms with Crippen LogP contribution in [0.25, 0.3) is 10.2 Å². The predicted octanol–water partition coefficient (Wildman–Crippen LogP) is 2.98. The highest BCUT2D eigenvalue weighted by atomic mass is 79.9. The SMILES string of the molecule is COC(=O)c1cc(F)cc2sc(Br)nc12. The average molecular weight is 290 g/mol. The lowest BCUT2D eigenvalue weighted by Crippen LogP contribution is -2.02. The summed E-state index contributed by atoms with van der Waals surface area (Å²) in [5.41, 5.74) is 0.606. The van der Waals surface area contributed by atoms with Crippen molar-refractivity contribution in [3.8, 4) is 0 Å². The van der Waals surface area contributed by atoms with Crippen molar-refractivity contribution in [3.05, 3.63) is 27.4 Å². The van der Waals surface area contributed by atoms with E-state index in [2.05, 4.69) is 25.7 Å². The maximum Gasteiger partial charge on any atom is 0.340 e. The lowest BCUT2D eigenvalue weighted by Gasteiger charge is -1.99. The van der Waals surface area contributed by atoms with E-state index < -0.39 is 11.8 Å². The van der Waals surface area contributed by atoms with Crippen LogP contribution in [-0.4, -0.2) is 18.1 Å². The molecule has 0 saturated heterocycles. The van der Waals surface area contributed by atoms with Gasteiger partial charge in [0.25, 0.3) is 0 Å². The van der Waals surface area contributed by atoms with Gasteiger partial charge in [0.05, 0.1) is 22.9 Å². The van der Waals surface area contributed by atoms with Crippen molar-refractivity contribution in [2.24, 2.45) is 0 Å². The molecule has 78 valence electrons. The molecular weight excluding hydrogens is 285 g/mol. The van der Waals surface area contributed by atoms with Crippen LogP contribution in [0.3, 0.4) is 0 Å². The van der Waals surface area contributed by atoms with Crippen LogP contribution >= 0.6 is 27.3 Å². The number of carbonyl (C=O) groups excluding carboxylic acids is 1. The molecule has 0 unspecified atom stereocenters. The molecule has 6 heteroatoms. The number of carbonyl (C=O) groups is 1. The molecule has 2 aromatic rings. The molecule has 0 fully saturated rings. The van der Waals surface area contributed by atoms with Crippen molar-refractivity contribution in [2.75, 3.05) is 7.11 Å². The van der Waals surface area contributed by atoms with Crippen molar-refractivity contribution in [1.82, 2.24) is 4.98 Å². The molecule has 0 radical (unpaired) electrons. The highest BCUT2D eigenvalue weighted by Gasteiger charge is 2.15. The van der Waals surface area contributed by atoms with Crippen LogP contribution in [0.2, 0.25) is 0 Å². The van der Waals surface area contributed by atoms with E-state index >= 15 is 0 Å². The second kappa shape index (κ2) is 3.86. The summed E-state index contributed by atoms with van der Waals surface area (Å²) >= 11 is 4.45. The predicted molar refractivity (Wildman–Crippen MR) is 58.6 cm³/mol. The Hall–Kier alpha value is -1.01. The number of fused-ring (bicyclic) bond motifs is 1. The number of nitrogens with zero attached hydrogens (tertiary/aromatic N) is 1. The number of esters is 1. The van der Waals surface area contributed by atoms with Crippen LogP contribution in [0, 0.1) is 5.82 Å². The van der Waals surface area contributed by atoms with Gasteiger partial charge in [0, 0.05) is 0 Å². The van der Waals surface area contributed by atoms with Crippen molar-refractivity contribution < 1.29 is 13.9 Å². The fraction of sp³-hybridized carbons (Fsp3) is 0.111. The Morgan fingerprint density at radius 2 is 2.33 bits per heavy atom. The van der Waals surface area contributed by atoms with Gasteiger partial charge in [-0.1, -0.05) is 0 Å². The van der Waals surface area contributed by atoms with E-state index in [0.29, 0.717) is 14.1 Å². The van der Waals surface area contributed by atoms with Crippen LogP contribution in [0.1, 0.15) is 10.4 Å². The lowest BCUT2D eigenvalue weighted by atomic mass is 10.2. The molecule has 3 nitrogen and oxygen atoms in total. The summed E-state index contributed by atoms with van der Waals surface area (Å²) in [6.07, 6.45) is 0. The van der Waals surface area contributed by atoms with Crippen LogP contribution in [-0.2, 0) is 4.74 Å². The first-order valence-electron chi connectivity index (χ1n) is 3.95. The van der Waals surface area contributed by atoms with Crippen LogP contribution in [0.15, 0.2) is 16.0 Å². The summed E-state index contributed by atoms with van der Waals surface area (Å²) in [7, 11) is 1.25. The van der Waals surface area contributed by atoms with E-state index in [-0.39, 0.29) is 5.56 Å². The molecule has 0 aliphatic rings. The van der Waals surface area contributed by atoms with Crippen molar-refractivity contribution in [1.29, 1.82) is 0 Å². The molecule has 0 bridgehead atoms. The van der Waals surface area contributed by atoms with Crippen molar-refractivity contribution >= 4 is 43.5 Å². The van der Waals surface area contributed by atoms with Gasteiger partial charge in [-0.25, -0.2) is 14.2 Å². The van der Waals surface area contributed by atoms with E-state index in [1.54, 1.807) is 0 Å². The number of hydrogen-bond donors (Lipinski definition) is 0. The Balaban J connectivity index is 2.75. The topological polar surface area (TPSA) is 39.2 Å². The number of ether oxygens (including phenoxy) is 1. The second-order valence-electron chi connectivity index (χ2n) is 2.76. The van der Waals surface area contributed by atoms with Gasteiger partial charge in [0.15, 0.2) is 3.92 Å². The third kappa shape index (κ3) is 1.87. The van der Waals surface area contributed by atoms with Gasteiger partial charge < -0.3 is 4.74 Å². The monoisotopic (exact) mass is 289 g/mol. The van der Waals surface area contributed by atoms with Crippen LogP contribution < -0.4 is 0 Å². The Labute approximate surface area is 97.0 Å². The second-order valence-corrected chi connectivity index (χ2v) is 5.07. The molecule has 0 amide bonds. The lowest BCUT2D eigenvalue weighted by molar-refractivity contribution is 0.0602. The largest absolute Gasteiger partial charge is 0.465 e. The molecule has 1 heterocycles. The average Bonchev–Trinajstić information content (AvgIpc) is 2.55. The molecule has 2 rings (SSSR count). The Bertz CT molecular complexity index is 540. The smallest absolute Gasteiger partial charge is 0.340 e. The Morgan fingerprint density at radius 1 is 1.60 bits per heavy atom. The molecule has 0 saturated carbocycles.